The molecule has 3 nitrogen and oxygen atoms in total. The van der Waals surface area contributed by atoms with Gasteiger partial charge in [-0.3, -0.25) is 4.79 Å². The van der Waals surface area contributed by atoms with E-state index in [2.05, 4.69) is 0 Å². The van der Waals surface area contributed by atoms with Crippen LogP contribution in [-0.4, -0.2) is 11.1 Å². The third kappa shape index (κ3) is 2.57. The van der Waals surface area contributed by atoms with Gasteiger partial charge in [-0.2, -0.15) is 0 Å². The molecule has 0 aliphatic carbocycles. The zero-order chi connectivity index (χ0) is 13.1. The Morgan fingerprint density at radius 1 is 1.00 bits per heavy atom. The first-order chi connectivity index (χ1) is 8.58. The van der Waals surface area contributed by atoms with Crippen LogP contribution in [0.5, 0.6) is 0 Å². The number of aryl methyl sites for hydroxylation is 1. The van der Waals surface area contributed by atoms with Crippen molar-refractivity contribution >= 4 is 5.97 Å². The van der Waals surface area contributed by atoms with E-state index in [9.17, 15) is 4.79 Å². The average molecular weight is 241 g/mol. The molecule has 0 amide bonds. The largest absolute Gasteiger partial charge is 0.480 e. The summed E-state index contributed by atoms with van der Waals surface area (Å²) in [6, 6.07) is 14.5. The van der Waals surface area contributed by atoms with Crippen LogP contribution in [0.3, 0.4) is 0 Å². The van der Waals surface area contributed by atoms with Crippen LogP contribution < -0.4 is 5.73 Å². The third-order valence-electron chi connectivity index (χ3n) is 2.92. The second-order valence-corrected chi connectivity index (χ2v) is 4.30. The Morgan fingerprint density at radius 2 is 1.44 bits per heavy atom. The van der Waals surface area contributed by atoms with Crippen molar-refractivity contribution in [1.82, 2.24) is 0 Å². The van der Waals surface area contributed by atoms with Crippen LogP contribution >= 0.6 is 0 Å². The Hall–Kier alpha value is -2.13. The van der Waals surface area contributed by atoms with Gasteiger partial charge in [0.2, 0.25) is 0 Å². The topological polar surface area (TPSA) is 63.3 Å². The van der Waals surface area contributed by atoms with E-state index in [-0.39, 0.29) is 0 Å². The van der Waals surface area contributed by atoms with Crippen LogP contribution in [0.15, 0.2) is 48.5 Å². The number of rotatable bonds is 3. The fourth-order valence-corrected chi connectivity index (χ4v) is 1.77. The molecular formula is C15H15NO2. The predicted octanol–water partition coefficient (Wildman–Crippen LogP) is 2.75. The maximum absolute atomic E-state index is 10.8. The van der Waals surface area contributed by atoms with Gasteiger partial charge in [-0.15, -0.1) is 0 Å². The van der Waals surface area contributed by atoms with Gasteiger partial charge in [0.25, 0.3) is 0 Å². The molecule has 0 spiro atoms. The molecule has 18 heavy (non-hydrogen) atoms. The Balaban J connectivity index is 2.27. The molecule has 92 valence electrons. The van der Waals surface area contributed by atoms with Gasteiger partial charge in [0, 0.05) is 0 Å². The van der Waals surface area contributed by atoms with E-state index in [4.69, 9.17) is 10.8 Å². The lowest BCUT2D eigenvalue weighted by molar-refractivity contribution is -0.138. The van der Waals surface area contributed by atoms with Crippen LogP contribution in [0.1, 0.15) is 17.2 Å². The minimum atomic E-state index is -1.02. The smallest absolute Gasteiger partial charge is 0.325 e. The summed E-state index contributed by atoms with van der Waals surface area (Å²) in [5.41, 5.74) is 9.53. The van der Waals surface area contributed by atoms with E-state index in [0.29, 0.717) is 5.56 Å². The number of hydrogen-bond donors (Lipinski definition) is 2. The average Bonchev–Trinajstić information content (AvgIpc) is 2.39. The zero-order valence-electron chi connectivity index (χ0n) is 10.1. The Bertz CT molecular complexity index is 544. The van der Waals surface area contributed by atoms with Crippen LogP contribution in [0.25, 0.3) is 11.1 Å². The van der Waals surface area contributed by atoms with Gasteiger partial charge in [-0.25, -0.2) is 0 Å². The predicted molar refractivity (Wildman–Crippen MR) is 71.2 cm³/mol. The lowest BCUT2D eigenvalue weighted by atomic mass is 10.0. The molecule has 0 aliphatic heterocycles. The zero-order valence-corrected chi connectivity index (χ0v) is 10.1. The molecule has 3 N–H and O–H groups in total. The van der Waals surface area contributed by atoms with E-state index in [1.165, 1.54) is 5.56 Å². The van der Waals surface area contributed by atoms with Gasteiger partial charge in [0.15, 0.2) is 0 Å². The minimum Gasteiger partial charge on any atom is -0.480 e. The minimum absolute atomic E-state index is 0.610. The van der Waals surface area contributed by atoms with Crippen LogP contribution in [0.2, 0.25) is 0 Å². The Labute approximate surface area is 106 Å². The summed E-state index contributed by atoms with van der Waals surface area (Å²) in [6.07, 6.45) is 0. The molecule has 1 atom stereocenters. The van der Waals surface area contributed by atoms with E-state index in [1.54, 1.807) is 12.1 Å². The van der Waals surface area contributed by atoms with Crippen molar-refractivity contribution in [2.24, 2.45) is 5.73 Å². The van der Waals surface area contributed by atoms with Crippen LogP contribution in [0.4, 0.5) is 0 Å². The van der Waals surface area contributed by atoms with E-state index in [0.717, 1.165) is 11.1 Å². The lowest BCUT2D eigenvalue weighted by Gasteiger charge is -2.08. The summed E-state index contributed by atoms with van der Waals surface area (Å²) in [7, 11) is 0. The molecule has 0 saturated heterocycles. The van der Waals surface area contributed by atoms with Gasteiger partial charge in [0.05, 0.1) is 0 Å². The monoisotopic (exact) mass is 241 g/mol. The van der Waals surface area contributed by atoms with E-state index < -0.39 is 12.0 Å². The van der Waals surface area contributed by atoms with Gasteiger partial charge >= 0.3 is 5.97 Å². The van der Waals surface area contributed by atoms with Crippen molar-refractivity contribution < 1.29 is 9.90 Å². The Morgan fingerprint density at radius 3 is 1.89 bits per heavy atom. The molecule has 2 rings (SSSR count). The van der Waals surface area contributed by atoms with Crippen molar-refractivity contribution in [3.05, 3.63) is 59.7 Å². The first-order valence-corrected chi connectivity index (χ1v) is 5.73. The number of hydrogen-bond acceptors (Lipinski definition) is 2. The fourth-order valence-electron chi connectivity index (χ4n) is 1.77. The van der Waals surface area contributed by atoms with Crippen molar-refractivity contribution in [2.75, 3.05) is 0 Å². The maximum atomic E-state index is 10.8. The number of benzene rings is 2. The second kappa shape index (κ2) is 5.02. The molecule has 0 aromatic heterocycles. The standard InChI is InChI=1S/C15H15NO2/c1-10-2-4-11(5-3-10)12-6-8-13(9-7-12)14(16)15(17)18/h2-9,14H,16H2,1H3,(H,17,18)/t14-/m0/s1. The van der Waals surface area contributed by atoms with Gasteiger partial charge in [-0.1, -0.05) is 54.1 Å². The second-order valence-electron chi connectivity index (χ2n) is 4.30. The van der Waals surface area contributed by atoms with Crippen molar-refractivity contribution in [2.45, 2.75) is 13.0 Å². The maximum Gasteiger partial charge on any atom is 0.325 e. The quantitative estimate of drug-likeness (QED) is 0.868. The summed E-state index contributed by atoms with van der Waals surface area (Å²) >= 11 is 0. The molecule has 2 aromatic carbocycles. The molecule has 0 bridgehead atoms. The summed E-state index contributed by atoms with van der Waals surface area (Å²) in [4.78, 5) is 10.8. The molecule has 2 aromatic rings. The molecule has 0 heterocycles. The van der Waals surface area contributed by atoms with Crippen LogP contribution in [-0.2, 0) is 4.79 Å². The molecule has 0 saturated carbocycles. The molecule has 0 radical (unpaired) electrons. The lowest BCUT2D eigenvalue weighted by Crippen LogP contribution is -2.20. The fraction of sp³-hybridized carbons (Fsp3) is 0.133. The number of carboxylic acids is 1. The van der Waals surface area contributed by atoms with Crippen molar-refractivity contribution in [3.63, 3.8) is 0 Å². The third-order valence-corrected chi connectivity index (χ3v) is 2.92. The first kappa shape index (κ1) is 12.3. The molecule has 0 aliphatic rings. The highest BCUT2D eigenvalue weighted by Gasteiger charge is 2.13. The van der Waals surface area contributed by atoms with Crippen LogP contribution in [0, 0.1) is 6.92 Å². The number of aliphatic carboxylic acids is 1. The summed E-state index contributed by atoms with van der Waals surface area (Å²) in [5, 5.41) is 8.83. The number of carboxylic acid groups (broad SMARTS) is 1. The van der Waals surface area contributed by atoms with Gasteiger partial charge < -0.3 is 10.8 Å². The van der Waals surface area contributed by atoms with Gasteiger partial charge in [-0.05, 0) is 23.6 Å². The van der Waals surface area contributed by atoms with Crippen molar-refractivity contribution in [1.29, 1.82) is 0 Å². The summed E-state index contributed by atoms with van der Waals surface area (Å²) in [6.45, 7) is 2.04. The molecule has 0 unspecified atom stereocenters. The summed E-state index contributed by atoms with van der Waals surface area (Å²) in [5.74, 6) is -1.02. The van der Waals surface area contributed by atoms with Crippen molar-refractivity contribution in [3.8, 4) is 11.1 Å². The summed E-state index contributed by atoms with van der Waals surface area (Å²) < 4.78 is 0. The highest BCUT2D eigenvalue weighted by Crippen LogP contribution is 2.21. The highest BCUT2D eigenvalue weighted by atomic mass is 16.4. The molecule has 0 fully saturated rings. The number of nitrogens with two attached hydrogens (primary N) is 1. The van der Waals surface area contributed by atoms with E-state index in [1.807, 2.05) is 43.3 Å². The highest BCUT2D eigenvalue weighted by molar-refractivity contribution is 5.75. The number of carbonyl (C=O) groups is 1. The first-order valence-electron chi connectivity index (χ1n) is 5.73. The SMILES string of the molecule is Cc1ccc(-c2ccc([C@H](N)C(=O)O)cc2)cc1. The molecular weight excluding hydrogens is 226 g/mol. The Kier molecular flexibility index (Phi) is 3.44. The molecule has 3 heteroatoms. The van der Waals surface area contributed by atoms with E-state index >= 15 is 0 Å². The van der Waals surface area contributed by atoms with Gasteiger partial charge in [0.1, 0.15) is 6.04 Å². The normalized spacial score (nSPS) is 12.1.